The lowest BCUT2D eigenvalue weighted by molar-refractivity contribution is 0.224. The molecular weight excluding hydrogens is 239 g/mol. The second kappa shape index (κ2) is 4.02. The van der Waals surface area contributed by atoms with Gasteiger partial charge in [0.15, 0.2) is 11.2 Å². The summed E-state index contributed by atoms with van der Waals surface area (Å²) in [5.74, 6) is -0.802. The number of imidazole rings is 1. The Hall–Kier alpha value is -2.02. The molecule has 18 heavy (non-hydrogen) atoms. The van der Waals surface area contributed by atoms with Gasteiger partial charge in [-0.25, -0.2) is 14.4 Å². The highest BCUT2D eigenvalue weighted by atomic mass is 19.1. The lowest BCUT2D eigenvalue weighted by atomic mass is 10.1. The van der Waals surface area contributed by atoms with E-state index in [1.807, 2.05) is 0 Å². The molecule has 2 aromatic heterocycles. The van der Waals surface area contributed by atoms with E-state index in [1.54, 1.807) is 4.57 Å². The summed E-state index contributed by atoms with van der Waals surface area (Å²) in [4.78, 5) is 22.0. The molecule has 0 spiro atoms. The van der Waals surface area contributed by atoms with Crippen LogP contribution in [0.5, 0.6) is 0 Å². The molecule has 2 N–H and O–H groups in total. The van der Waals surface area contributed by atoms with Crippen LogP contribution in [-0.2, 0) is 0 Å². The molecule has 0 radical (unpaired) electrons. The van der Waals surface area contributed by atoms with E-state index in [0.29, 0.717) is 12.1 Å². The van der Waals surface area contributed by atoms with E-state index >= 15 is 0 Å². The molecule has 0 aliphatic heterocycles. The smallest absolute Gasteiger partial charge is 0.278 e. The van der Waals surface area contributed by atoms with Gasteiger partial charge < -0.3 is 14.7 Å². The Morgan fingerprint density at radius 1 is 1.56 bits per heavy atom. The number of aliphatic hydroxyl groups is 1. The van der Waals surface area contributed by atoms with Gasteiger partial charge in [0.2, 0.25) is 0 Å². The van der Waals surface area contributed by atoms with Gasteiger partial charge in [-0.15, -0.1) is 0 Å². The van der Waals surface area contributed by atoms with Gasteiger partial charge in [0.25, 0.3) is 5.56 Å². The fourth-order valence-electron chi connectivity index (χ4n) is 2.25. The van der Waals surface area contributed by atoms with E-state index in [2.05, 4.69) is 15.0 Å². The number of halogens is 1. The molecule has 0 saturated heterocycles. The van der Waals surface area contributed by atoms with Crippen molar-refractivity contribution >= 4 is 11.2 Å². The van der Waals surface area contributed by atoms with Crippen LogP contribution in [0.15, 0.2) is 29.4 Å². The van der Waals surface area contributed by atoms with E-state index in [0.717, 1.165) is 0 Å². The predicted octanol–water partition coefficient (Wildman–Crippen LogP) is 0.526. The third-order valence-electron chi connectivity index (χ3n) is 3.21. The molecule has 3 rings (SSSR count). The molecule has 1 aliphatic rings. The Labute approximate surface area is 101 Å². The molecule has 2 aromatic rings. The van der Waals surface area contributed by atoms with Gasteiger partial charge in [0.05, 0.1) is 25.3 Å². The molecular formula is C11H11FN4O2. The number of aliphatic hydroxyl groups excluding tert-OH is 1. The standard InChI is InChI=1S/C11H11FN4O2/c12-8-2-7(1-6(8)3-17)16-5-15-9-10(16)13-4-14-11(9)18/h2,4-7,17H,1,3H2,(H,13,14,18)/t6-,7+/m0/s1. The molecule has 0 unspecified atom stereocenters. The highest BCUT2D eigenvalue weighted by molar-refractivity contribution is 5.69. The zero-order chi connectivity index (χ0) is 12.7. The van der Waals surface area contributed by atoms with Crippen molar-refractivity contribution in [2.75, 3.05) is 6.61 Å². The Balaban J connectivity index is 2.07. The summed E-state index contributed by atoms with van der Waals surface area (Å²) in [5.41, 5.74) is 0.338. The summed E-state index contributed by atoms with van der Waals surface area (Å²) < 4.78 is 15.1. The maximum Gasteiger partial charge on any atom is 0.278 e. The van der Waals surface area contributed by atoms with Gasteiger partial charge >= 0.3 is 0 Å². The van der Waals surface area contributed by atoms with E-state index in [1.165, 1.54) is 18.7 Å². The van der Waals surface area contributed by atoms with E-state index in [4.69, 9.17) is 5.11 Å². The highest BCUT2D eigenvalue weighted by Gasteiger charge is 2.28. The Bertz CT molecular complexity index is 675. The molecule has 2 heterocycles. The number of rotatable bonds is 2. The lowest BCUT2D eigenvalue weighted by Gasteiger charge is -2.11. The van der Waals surface area contributed by atoms with Crippen LogP contribution in [0.2, 0.25) is 0 Å². The van der Waals surface area contributed by atoms with Crippen molar-refractivity contribution in [3.63, 3.8) is 0 Å². The van der Waals surface area contributed by atoms with E-state index in [-0.39, 0.29) is 29.6 Å². The molecule has 0 amide bonds. The molecule has 0 bridgehead atoms. The first-order valence-corrected chi connectivity index (χ1v) is 5.59. The van der Waals surface area contributed by atoms with Crippen molar-refractivity contribution < 1.29 is 9.50 Å². The summed E-state index contributed by atoms with van der Waals surface area (Å²) in [7, 11) is 0. The second-order valence-corrected chi connectivity index (χ2v) is 4.29. The molecule has 0 saturated carbocycles. The van der Waals surface area contributed by atoms with Crippen molar-refractivity contribution in [2.45, 2.75) is 12.5 Å². The fraction of sp³-hybridized carbons (Fsp3) is 0.364. The third kappa shape index (κ3) is 1.55. The predicted molar refractivity (Wildman–Crippen MR) is 61.6 cm³/mol. The quantitative estimate of drug-likeness (QED) is 0.814. The molecule has 0 aromatic carbocycles. The number of hydrogen-bond donors (Lipinski definition) is 2. The minimum absolute atomic E-state index is 0.223. The number of aromatic amines is 1. The van der Waals surface area contributed by atoms with Crippen LogP contribution in [0.3, 0.4) is 0 Å². The number of nitrogens with zero attached hydrogens (tertiary/aromatic N) is 3. The lowest BCUT2D eigenvalue weighted by Crippen LogP contribution is -2.10. The van der Waals surface area contributed by atoms with Crippen molar-refractivity contribution in [1.29, 1.82) is 0 Å². The first-order valence-electron chi connectivity index (χ1n) is 5.59. The first-order chi connectivity index (χ1) is 8.70. The maximum absolute atomic E-state index is 13.5. The Morgan fingerprint density at radius 2 is 2.39 bits per heavy atom. The normalized spacial score (nSPS) is 23.6. The zero-order valence-corrected chi connectivity index (χ0v) is 9.38. The second-order valence-electron chi connectivity index (χ2n) is 4.29. The van der Waals surface area contributed by atoms with Crippen molar-refractivity contribution in [3.8, 4) is 0 Å². The van der Waals surface area contributed by atoms with Crippen molar-refractivity contribution in [1.82, 2.24) is 19.5 Å². The van der Waals surface area contributed by atoms with Gasteiger partial charge in [0.1, 0.15) is 5.83 Å². The summed E-state index contributed by atoms with van der Waals surface area (Å²) in [6, 6.07) is -0.263. The Kier molecular flexibility index (Phi) is 2.48. The average molecular weight is 250 g/mol. The van der Waals surface area contributed by atoms with Crippen LogP contribution in [0, 0.1) is 5.92 Å². The maximum atomic E-state index is 13.5. The first kappa shape index (κ1) is 11.1. The van der Waals surface area contributed by atoms with Crippen LogP contribution < -0.4 is 5.56 Å². The van der Waals surface area contributed by atoms with Crippen LogP contribution in [0.4, 0.5) is 4.39 Å². The third-order valence-corrected chi connectivity index (χ3v) is 3.21. The summed E-state index contributed by atoms with van der Waals surface area (Å²) in [6.07, 6.45) is 4.65. The minimum Gasteiger partial charge on any atom is -0.396 e. The van der Waals surface area contributed by atoms with E-state index < -0.39 is 5.92 Å². The molecule has 1 aliphatic carbocycles. The van der Waals surface area contributed by atoms with Crippen molar-refractivity contribution in [3.05, 3.63) is 34.9 Å². The summed E-state index contributed by atoms with van der Waals surface area (Å²) in [5, 5.41) is 9.03. The van der Waals surface area contributed by atoms with Crippen LogP contribution in [0.1, 0.15) is 12.5 Å². The molecule has 7 heteroatoms. The molecule has 6 nitrogen and oxygen atoms in total. The number of nitrogens with one attached hydrogen (secondary N) is 1. The molecule has 0 fully saturated rings. The topological polar surface area (TPSA) is 83.8 Å². The zero-order valence-electron chi connectivity index (χ0n) is 9.38. The molecule has 2 atom stereocenters. The van der Waals surface area contributed by atoms with Crippen LogP contribution in [-0.4, -0.2) is 31.2 Å². The molecule has 94 valence electrons. The van der Waals surface area contributed by atoms with Gasteiger partial charge in [-0.05, 0) is 12.5 Å². The van der Waals surface area contributed by atoms with Gasteiger partial charge in [-0.1, -0.05) is 0 Å². The summed E-state index contributed by atoms with van der Waals surface area (Å²) in [6.45, 7) is -0.223. The Morgan fingerprint density at radius 3 is 3.11 bits per heavy atom. The van der Waals surface area contributed by atoms with Gasteiger partial charge in [0, 0.05) is 5.92 Å². The van der Waals surface area contributed by atoms with E-state index in [9.17, 15) is 9.18 Å². The monoisotopic (exact) mass is 250 g/mol. The number of H-pyrrole nitrogens is 1. The fourth-order valence-corrected chi connectivity index (χ4v) is 2.25. The van der Waals surface area contributed by atoms with Gasteiger partial charge in [-0.2, -0.15) is 0 Å². The number of allylic oxidation sites excluding steroid dienone is 1. The van der Waals surface area contributed by atoms with Gasteiger partial charge in [-0.3, -0.25) is 4.79 Å². The van der Waals surface area contributed by atoms with Crippen LogP contribution in [0.25, 0.3) is 11.2 Å². The van der Waals surface area contributed by atoms with Crippen LogP contribution >= 0.6 is 0 Å². The minimum atomic E-state index is -0.477. The summed E-state index contributed by atoms with van der Waals surface area (Å²) >= 11 is 0. The number of fused-ring (bicyclic) bond motifs is 1. The van der Waals surface area contributed by atoms with Crippen molar-refractivity contribution in [2.24, 2.45) is 5.92 Å². The highest BCUT2D eigenvalue weighted by Crippen LogP contribution is 2.34. The number of aromatic nitrogens is 4. The average Bonchev–Trinajstić information content (AvgIpc) is 2.93. The largest absolute Gasteiger partial charge is 0.396 e. The SMILES string of the molecule is O=c1[nH]cnc2c1ncn2[C@H]1C=C(F)[C@H](CO)C1. The number of hydrogen-bond acceptors (Lipinski definition) is 4.